The molecule has 0 atom stereocenters. The maximum absolute atomic E-state index is 5.80. The van der Waals surface area contributed by atoms with E-state index >= 15 is 0 Å². The topological polar surface area (TPSA) is 43.9 Å². The lowest BCUT2D eigenvalue weighted by molar-refractivity contribution is 0.509. The van der Waals surface area contributed by atoms with E-state index in [4.69, 9.17) is 4.42 Å². The molecule has 0 aliphatic rings. The summed E-state index contributed by atoms with van der Waals surface area (Å²) in [7, 11) is 0. The summed E-state index contributed by atoms with van der Waals surface area (Å²) in [6.07, 6.45) is 0.741. The number of para-hydroxylation sites is 1. The fraction of sp³-hybridized carbons (Fsp3) is 0.200. The van der Waals surface area contributed by atoms with Crippen molar-refractivity contribution < 1.29 is 4.42 Å². The molecule has 0 aliphatic heterocycles. The molecule has 0 N–H and O–H groups in total. The Kier molecular flexibility index (Phi) is 3.65. The summed E-state index contributed by atoms with van der Waals surface area (Å²) >= 11 is 0. The van der Waals surface area contributed by atoms with E-state index in [9.17, 15) is 0 Å². The molecule has 0 bridgehead atoms. The second-order valence-corrected chi connectivity index (χ2v) is 6.01. The Morgan fingerprint density at radius 1 is 1.00 bits per heavy atom. The molecule has 0 aliphatic carbocycles. The fourth-order valence-corrected chi connectivity index (χ4v) is 2.93. The van der Waals surface area contributed by atoms with Gasteiger partial charge in [0.25, 0.3) is 5.89 Å². The van der Waals surface area contributed by atoms with Gasteiger partial charge in [0, 0.05) is 23.9 Å². The molecule has 0 saturated carbocycles. The van der Waals surface area contributed by atoms with Crippen molar-refractivity contribution in [2.45, 2.75) is 26.8 Å². The van der Waals surface area contributed by atoms with Gasteiger partial charge in [-0.25, -0.2) is 0 Å². The minimum absolute atomic E-state index is 0.579. The molecule has 2 heterocycles. The zero-order valence-corrected chi connectivity index (χ0v) is 13.9. The summed E-state index contributed by atoms with van der Waals surface area (Å²) in [4.78, 5) is 0. The summed E-state index contributed by atoms with van der Waals surface area (Å²) in [5, 5.41) is 9.52. The minimum atomic E-state index is 0.579. The molecule has 4 nitrogen and oxygen atoms in total. The number of nitrogens with zero attached hydrogens (tertiary/aromatic N) is 3. The molecule has 0 amide bonds. The van der Waals surface area contributed by atoms with Crippen molar-refractivity contribution in [3.63, 3.8) is 0 Å². The van der Waals surface area contributed by atoms with Gasteiger partial charge in [0.15, 0.2) is 0 Å². The van der Waals surface area contributed by atoms with Gasteiger partial charge in [-0.3, -0.25) is 0 Å². The molecule has 4 rings (SSSR count). The number of fused-ring (bicyclic) bond motifs is 1. The number of hydrogen-bond donors (Lipinski definition) is 0. The highest BCUT2D eigenvalue weighted by Gasteiger charge is 2.16. The summed E-state index contributed by atoms with van der Waals surface area (Å²) in [5.41, 5.74) is 4.65. The third-order valence-corrected chi connectivity index (χ3v) is 4.26. The van der Waals surface area contributed by atoms with Gasteiger partial charge in [0.1, 0.15) is 5.69 Å². The Morgan fingerprint density at radius 3 is 2.54 bits per heavy atom. The summed E-state index contributed by atoms with van der Waals surface area (Å²) in [6.45, 7) is 4.89. The Bertz CT molecular complexity index is 980. The van der Waals surface area contributed by atoms with E-state index in [1.54, 1.807) is 0 Å². The molecule has 0 saturated heterocycles. The average Bonchev–Trinajstić information content (AvgIpc) is 3.22. The van der Waals surface area contributed by atoms with Crippen LogP contribution in [0.3, 0.4) is 0 Å². The maximum atomic E-state index is 5.80. The predicted octanol–water partition coefficient (Wildman–Crippen LogP) is 4.61. The number of benzene rings is 2. The van der Waals surface area contributed by atoms with Crippen LogP contribution in [-0.4, -0.2) is 14.8 Å². The SMILES string of the molecule is CCc1nnc(-c2cc3ccccc3n2Cc2ccc(C)cc2)o1. The number of hydrogen-bond acceptors (Lipinski definition) is 3. The van der Waals surface area contributed by atoms with E-state index in [0.29, 0.717) is 11.8 Å². The first-order valence-electron chi connectivity index (χ1n) is 8.21. The molecule has 0 unspecified atom stereocenters. The summed E-state index contributed by atoms with van der Waals surface area (Å²) in [6, 6.07) is 19.1. The van der Waals surface area contributed by atoms with Crippen molar-refractivity contribution in [1.82, 2.24) is 14.8 Å². The highest BCUT2D eigenvalue weighted by atomic mass is 16.4. The van der Waals surface area contributed by atoms with E-state index in [1.807, 2.05) is 13.0 Å². The van der Waals surface area contributed by atoms with E-state index in [1.165, 1.54) is 22.0 Å². The first kappa shape index (κ1) is 14.7. The van der Waals surface area contributed by atoms with Crippen LogP contribution in [0.1, 0.15) is 23.9 Å². The Balaban J connectivity index is 1.84. The van der Waals surface area contributed by atoms with Crippen molar-refractivity contribution in [1.29, 1.82) is 0 Å². The van der Waals surface area contributed by atoms with Crippen molar-refractivity contribution in [3.05, 3.63) is 71.6 Å². The van der Waals surface area contributed by atoms with Crippen LogP contribution in [0, 0.1) is 6.92 Å². The first-order chi connectivity index (χ1) is 11.7. The lowest BCUT2D eigenvalue weighted by atomic mass is 10.1. The summed E-state index contributed by atoms with van der Waals surface area (Å²) < 4.78 is 8.05. The molecule has 0 spiro atoms. The Morgan fingerprint density at radius 2 is 1.79 bits per heavy atom. The summed E-state index contributed by atoms with van der Waals surface area (Å²) in [5.74, 6) is 1.24. The van der Waals surface area contributed by atoms with Crippen LogP contribution in [0.15, 0.2) is 59.0 Å². The monoisotopic (exact) mass is 317 g/mol. The second-order valence-electron chi connectivity index (χ2n) is 6.01. The first-order valence-corrected chi connectivity index (χ1v) is 8.21. The standard InChI is InChI=1S/C20H19N3O/c1-3-19-21-22-20(24-19)18-12-16-6-4-5-7-17(16)23(18)13-15-10-8-14(2)9-11-15/h4-12H,3,13H2,1-2H3. The van der Waals surface area contributed by atoms with Crippen molar-refractivity contribution in [2.24, 2.45) is 0 Å². The van der Waals surface area contributed by atoms with E-state index in [2.05, 4.69) is 70.2 Å². The van der Waals surface area contributed by atoms with Crippen LogP contribution >= 0.6 is 0 Å². The second kappa shape index (κ2) is 5.96. The molecule has 0 radical (unpaired) electrons. The third kappa shape index (κ3) is 2.60. The molecule has 2 aromatic carbocycles. The lowest BCUT2D eigenvalue weighted by Gasteiger charge is -2.09. The van der Waals surface area contributed by atoms with Gasteiger partial charge in [-0.1, -0.05) is 55.0 Å². The maximum Gasteiger partial charge on any atom is 0.264 e. The molecule has 4 aromatic rings. The van der Waals surface area contributed by atoms with Crippen molar-refractivity contribution in [3.8, 4) is 11.6 Å². The van der Waals surface area contributed by atoms with Gasteiger partial charge in [-0.05, 0) is 24.6 Å². The largest absolute Gasteiger partial charge is 0.419 e. The average molecular weight is 317 g/mol. The van der Waals surface area contributed by atoms with Crippen molar-refractivity contribution in [2.75, 3.05) is 0 Å². The van der Waals surface area contributed by atoms with E-state index in [-0.39, 0.29) is 0 Å². The smallest absolute Gasteiger partial charge is 0.264 e. The van der Waals surface area contributed by atoms with Gasteiger partial charge in [0.2, 0.25) is 5.89 Å². The predicted molar refractivity (Wildman–Crippen MR) is 94.9 cm³/mol. The van der Waals surface area contributed by atoms with Crippen LogP contribution in [-0.2, 0) is 13.0 Å². The number of aromatic nitrogens is 3. The van der Waals surface area contributed by atoms with Crippen LogP contribution in [0.2, 0.25) is 0 Å². The van der Waals surface area contributed by atoms with Crippen LogP contribution in [0.25, 0.3) is 22.5 Å². The molecule has 120 valence electrons. The van der Waals surface area contributed by atoms with Crippen LogP contribution < -0.4 is 0 Å². The van der Waals surface area contributed by atoms with Crippen molar-refractivity contribution >= 4 is 10.9 Å². The Hall–Kier alpha value is -2.88. The third-order valence-electron chi connectivity index (χ3n) is 4.26. The molecular weight excluding hydrogens is 298 g/mol. The lowest BCUT2D eigenvalue weighted by Crippen LogP contribution is -2.01. The normalized spacial score (nSPS) is 11.2. The zero-order chi connectivity index (χ0) is 16.5. The highest BCUT2D eigenvalue weighted by molar-refractivity contribution is 5.85. The Labute approximate surface area is 140 Å². The minimum Gasteiger partial charge on any atom is -0.419 e. The number of aryl methyl sites for hydroxylation is 2. The van der Waals surface area contributed by atoms with Crippen LogP contribution in [0.5, 0.6) is 0 Å². The number of rotatable bonds is 4. The van der Waals surface area contributed by atoms with E-state index < -0.39 is 0 Å². The van der Waals surface area contributed by atoms with Gasteiger partial charge < -0.3 is 8.98 Å². The molecule has 2 aromatic heterocycles. The molecular formula is C20H19N3O. The highest BCUT2D eigenvalue weighted by Crippen LogP contribution is 2.28. The van der Waals surface area contributed by atoms with E-state index in [0.717, 1.165) is 18.7 Å². The quantitative estimate of drug-likeness (QED) is 0.552. The molecule has 24 heavy (non-hydrogen) atoms. The van der Waals surface area contributed by atoms with Gasteiger partial charge in [-0.15, -0.1) is 10.2 Å². The van der Waals surface area contributed by atoms with Gasteiger partial charge in [0.05, 0.1) is 0 Å². The van der Waals surface area contributed by atoms with Gasteiger partial charge >= 0.3 is 0 Å². The molecule has 0 fully saturated rings. The van der Waals surface area contributed by atoms with Crippen LogP contribution in [0.4, 0.5) is 0 Å². The molecule has 4 heteroatoms. The zero-order valence-electron chi connectivity index (χ0n) is 13.9. The fourth-order valence-electron chi connectivity index (χ4n) is 2.93. The van der Waals surface area contributed by atoms with Gasteiger partial charge in [-0.2, -0.15) is 0 Å².